The molecule has 110 valence electrons. The molecule has 0 saturated heterocycles. The smallest absolute Gasteiger partial charge is 0.205 e. The maximum atomic E-state index is 14.8. The highest BCUT2D eigenvalue weighted by atomic mass is 79.9. The number of halogens is 3. The molecular formula is C17H21BrF2. The van der Waals surface area contributed by atoms with Crippen LogP contribution >= 0.6 is 15.9 Å². The summed E-state index contributed by atoms with van der Waals surface area (Å²) in [5.41, 5.74) is -0.534. The Balaban J connectivity index is 2.35. The third-order valence-corrected chi connectivity index (χ3v) is 5.08. The molecule has 1 aromatic rings. The Morgan fingerprint density at radius 3 is 2.50 bits per heavy atom. The van der Waals surface area contributed by atoms with Crippen molar-refractivity contribution in [1.29, 1.82) is 0 Å². The highest BCUT2D eigenvalue weighted by molar-refractivity contribution is 9.10. The molecule has 1 aliphatic carbocycles. The van der Waals surface area contributed by atoms with Crippen LogP contribution < -0.4 is 0 Å². The van der Waals surface area contributed by atoms with Crippen molar-refractivity contribution in [2.75, 3.05) is 0 Å². The number of allylic oxidation sites excluding steroid dienone is 1. The van der Waals surface area contributed by atoms with Crippen LogP contribution in [0.25, 0.3) is 0 Å². The summed E-state index contributed by atoms with van der Waals surface area (Å²) in [4.78, 5) is 0. The zero-order valence-corrected chi connectivity index (χ0v) is 13.4. The molecule has 3 heteroatoms. The molecule has 1 aliphatic rings. The predicted octanol–water partition coefficient (Wildman–Crippen LogP) is 6.11. The summed E-state index contributed by atoms with van der Waals surface area (Å²) >= 11 is 3.35. The fourth-order valence-electron chi connectivity index (χ4n) is 3.39. The van der Waals surface area contributed by atoms with Crippen LogP contribution in [0.4, 0.5) is 8.78 Å². The molecule has 0 bridgehead atoms. The Hall–Kier alpha value is -0.700. The second-order valence-corrected chi connectivity index (χ2v) is 6.70. The topological polar surface area (TPSA) is 0 Å². The number of alkyl halides is 2. The third-order valence-electron chi connectivity index (χ3n) is 4.55. The van der Waals surface area contributed by atoms with Crippen molar-refractivity contribution in [2.24, 2.45) is 5.92 Å². The summed E-state index contributed by atoms with van der Waals surface area (Å²) in [7, 11) is 0. The van der Waals surface area contributed by atoms with Gasteiger partial charge in [0.1, 0.15) is 0 Å². The normalized spacial score (nSPS) is 29.1. The van der Waals surface area contributed by atoms with Crippen molar-refractivity contribution >= 4 is 15.9 Å². The lowest BCUT2D eigenvalue weighted by Crippen LogP contribution is -2.48. The van der Waals surface area contributed by atoms with Crippen LogP contribution in [0.3, 0.4) is 0 Å². The van der Waals surface area contributed by atoms with E-state index in [1.54, 1.807) is 12.1 Å². The van der Waals surface area contributed by atoms with Gasteiger partial charge in [0.2, 0.25) is 0 Å². The lowest BCUT2D eigenvalue weighted by atomic mass is 9.63. The van der Waals surface area contributed by atoms with Gasteiger partial charge in [0.15, 0.2) is 0 Å². The van der Waals surface area contributed by atoms with Crippen LogP contribution in [0.2, 0.25) is 0 Å². The molecule has 0 radical (unpaired) electrons. The Bertz CT molecular complexity index is 466. The SMILES string of the molecule is C=CC1(c2ccc(Br)cc2)CCC(CCC)CC1(F)F. The van der Waals surface area contributed by atoms with Crippen LogP contribution in [0, 0.1) is 5.92 Å². The summed E-state index contributed by atoms with van der Waals surface area (Å²) in [6.45, 7) is 5.79. The standard InChI is InChI=1S/C17H21BrF2/c1-3-5-13-10-11-16(4-2,17(19,20)12-13)14-6-8-15(18)9-7-14/h4,6-9,13H,2-3,5,10-12H2,1H3. The molecule has 0 spiro atoms. The summed E-state index contributed by atoms with van der Waals surface area (Å²) in [5.74, 6) is -2.58. The first-order valence-electron chi connectivity index (χ1n) is 7.22. The number of hydrogen-bond donors (Lipinski definition) is 0. The minimum absolute atomic E-state index is 0.0249. The molecule has 1 aromatic carbocycles. The van der Waals surface area contributed by atoms with E-state index in [1.807, 2.05) is 12.1 Å². The molecule has 0 aromatic heterocycles. The van der Waals surface area contributed by atoms with Crippen LogP contribution in [-0.2, 0) is 5.41 Å². The highest BCUT2D eigenvalue weighted by Crippen LogP contribution is 2.53. The fraction of sp³-hybridized carbons (Fsp3) is 0.529. The zero-order valence-electron chi connectivity index (χ0n) is 11.8. The first-order chi connectivity index (χ1) is 9.45. The first-order valence-corrected chi connectivity index (χ1v) is 8.02. The Morgan fingerprint density at radius 1 is 1.35 bits per heavy atom. The Labute approximate surface area is 128 Å². The number of benzene rings is 1. The zero-order chi connectivity index (χ0) is 14.8. The van der Waals surface area contributed by atoms with E-state index in [0.29, 0.717) is 12.0 Å². The maximum Gasteiger partial charge on any atom is 0.261 e. The first kappa shape index (κ1) is 15.7. The van der Waals surface area contributed by atoms with E-state index >= 15 is 0 Å². The lowest BCUT2D eigenvalue weighted by Gasteiger charge is -2.45. The van der Waals surface area contributed by atoms with Gasteiger partial charge in [0, 0.05) is 10.9 Å². The minimum atomic E-state index is -2.72. The highest BCUT2D eigenvalue weighted by Gasteiger charge is 2.55. The quantitative estimate of drug-likeness (QED) is 0.579. The van der Waals surface area contributed by atoms with Gasteiger partial charge in [-0.15, -0.1) is 6.58 Å². The van der Waals surface area contributed by atoms with Gasteiger partial charge in [-0.1, -0.05) is 53.9 Å². The second kappa shape index (κ2) is 5.97. The van der Waals surface area contributed by atoms with Gasteiger partial charge in [0.05, 0.1) is 5.41 Å². The molecule has 2 atom stereocenters. The van der Waals surface area contributed by atoms with Gasteiger partial charge in [-0.2, -0.15) is 0 Å². The molecule has 20 heavy (non-hydrogen) atoms. The van der Waals surface area contributed by atoms with Crippen molar-refractivity contribution in [1.82, 2.24) is 0 Å². The van der Waals surface area contributed by atoms with E-state index in [4.69, 9.17) is 0 Å². The molecule has 0 nitrogen and oxygen atoms in total. The van der Waals surface area contributed by atoms with Gasteiger partial charge < -0.3 is 0 Å². The average Bonchev–Trinajstić information content (AvgIpc) is 2.40. The Kier molecular flexibility index (Phi) is 4.68. The molecule has 2 unspecified atom stereocenters. The summed E-state index contributed by atoms with van der Waals surface area (Å²) < 4.78 is 30.5. The molecule has 1 fully saturated rings. The molecule has 0 amide bonds. The van der Waals surface area contributed by atoms with E-state index in [-0.39, 0.29) is 12.3 Å². The van der Waals surface area contributed by atoms with Crippen LogP contribution in [0.5, 0.6) is 0 Å². The van der Waals surface area contributed by atoms with Crippen LogP contribution in [0.15, 0.2) is 41.4 Å². The number of rotatable bonds is 4. The Morgan fingerprint density at radius 2 is 2.00 bits per heavy atom. The van der Waals surface area contributed by atoms with Gasteiger partial charge >= 0.3 is 0 Å². The molecule has 2 rings (SSSR count). The van der Waals surface area contributed by atoms with Crippen LogP contribution in [-0.4, -0.2) is 5.92 Å². The van der Waals surface area contributed by atoms with E-state index < -0.39 is 11.3 Å². The van der Waals surface area contributed by atoms with E-state index in [9.17, 15) is 8.78 Å². The van der Waals surface area contributed by atoms with Gasteiger partial charge in [-0.05, 0) is 36.5 Å². The van der Waals surface area contributed by atoms with Crippen molar-refractivity contribution in [3.05, 3.63) is 47.0 Å². The van der Waals surface area contributed by atoms with E-state index in [1.165, 1.54) is 6.08 Å². The van der Waals surface area contributed by atoms with Crippen LogP contribution in [0.1, 0.15) is 44.6 Å². The third kappa shape index (κ3) is 2.69. The molecule has 0 aliphatic heterocycles. The van der Waals surface area contributed by atoms with Gasteiger partial charge in [-0.3, -0.25) is 0 Å². The monoisotopic (exact) mass is 342 g/mol. The lowest BCUT2D eigenvalue weighted by molar-refractivity contribution is -0.105. The maximum absolute atomic E-state index is 14.8. The van der Waals surface area contributed by atoms with Crippen molar-refractivity contribution in [3.8, 4) is 0 Å². The van der Waals surface area contributed by atoms with Gasteiger partial charge in [-0.25, -0.2) is 8.78 Å². The number of hydrogen-bond acceptors (Lipinski definition) is 0. The minimum Gasteiger partial charge on any atom is -0.205 e. The molecular weight excluding hydrogens is 322 g/mol. The predicted molar refractivity (Wildman–Crippen MR) is 83.2 cm³/mol. The fourth-order valence-corrected chi connectivity index (χ4v) is 3.65. The average molecular weight is 343 g/mol. The summed E-state index contributed by atoms with van der Waals surface area (Å²) in [5, 5.41) is 0. The summed E-state index contributed by atoms with van der Waals surface area (Å²) in [6, 6.07) is 7.24. The summed E-state index contributed by atoms with van der Waals surface area (Å²) in [6.07, 6.45) is 4.64. The molecule has 0 N–H and O–H groups in total. The van der Waals surface area contributed by atoms with E-state index in [0.717, 1.165) is 23.7 Å². The van der Waals surface area contributed by atoms with Gasteiger partial charge in [0.25, 0.3) is 5.92 Å². The van der Waals surface area contributed by atoms with Crippen molar-refractivity contribution in [3.63, 3.8) is 0 Å². The second-order valence-electron chi connectivity index (χ2n) is 5.78. The largest absolute Gasteiger partial charge is 0.261 e. The van der Waals surface area contributed by atoms with Crippen molar-refractivity contribution in [2.45, 2.75) is 50.4 Å². The molecule has 0 heterocycles. The van der Waals surface area contributed by atoms with Crippen molar-refractivity contribution < 1.29 is 8.78 Å². The van der Waals surface area contributed by atoms with E-state index in [2.05, 4.69) is 29.4 Å². The molecule has 1 saturated carbocycles.